The molecule has 0 aromatic heterocycles. The molecule has 224 valence electrons. The molecule has 2 heteroatoms. The van der Waals surface area contributed by atoms with Crippen LogP contribution in [0.25, 0.3) is 65.3 Å². The minimum Gasteiger partial charge on any atom is -0.507 e. The first-order chi connectivity index (χ1) is 23.1. The van der Waals surface area contributed by atoms with Crippen molar-refractivity contribution in [3.63, 3.8) is 0 Å². The maximum Gasteiger partial charge on any atom is 0.127 e. The lowest BCUT2D eigenvalue weighted by Crippen LogP contribution is -2.21. The van der Waals surface area contributed by atoms with Gasteiger partial charge in [0.05, 0.1) is 0 Å². The van der Waals surface area contributed by atoms with Gasteiger partial charge in [-0.3, -0.25) is 0 Å². The molecule has 2 nitrogen and oxygen atoms in total. The molecule has 0 unspecified atom stereocenters. The monoisotopic (exact) mass is 604 g/mol. The summed E-state index contributed by atoms with van der Waals surface area (Å²) < 4.78 is 0. The SMILES string of the molecule is Oc1c(-c2c3ccccc3cc3ccccc23)ccc2c1C1(CC2)CCc2ccc(-c3c4ccccc4cc4ccccc34)c(O)c21. The lowest BCUT2D eigenvalue weighted by atomic mass is 9.74. The largest absolute Gasteiger partial charge is 0.507 e. The lowest BCUT2D eigenvalue weighted by molar-refractivity contribution is 0.418. The Labute approximate surface area is 273 Å². The van der Waals surface area contributed by atoms with Crippen molar-refractivity contribution in [2.45, 2.75) is 31.1 Å². The zero-order chi connectivity index (χ0) is 31.3. The summed E-state index contributed by atoms with van der Waals surface area (Å²) >= 11 is 0. The van der Waals surface area contributed by atoms with Gasteiger partial charge in [0.1, 0.15) is 11.5 Å². The van der Waals surface area contributed by atoms with Crippen LogP contribution in [0.4, 0.5) is 0 Å². The summed E-state index contributed by atoms with van der Waals surface area (Å²) in [7, 11) is 0. The fourth-order valence-corrected chi connectivity index (χ4v) is 9.21. The predicted octanol–water partition coefficient (Wildman–Crippen LogP) is 11.2. The van der Waals surface area contributed by atoms with Crippen LogP contribution in [0.3, 0.4) is 0 Å². The number of aryl methyl sites for hydroxylation is 2. The van der Waals surface area contributed by atoms with Gasteiger partial charge in [-0.25, -0.2) is 0 Å². The van der Waals surface area contributed by atoms with E-state index in [2.05, 4.69) is 133 Å². The first kappa shape index (κ1) is 26.6. The van der Waals surface area contributed by atoms with Gasteiger partial charge in [-0.2, -0.15) is 0 Å². The maximum atomic E-state index is 12.5. The third kappa shape index (κ3) is 3.61. The quantitative estimate of drug-likeness (QED) is 0.193. The van der Waals surface area contributed by atoms with Gasteiger partial charge in [0, 0.05) is 38.8 Å². The topological polar surface area (TPSA) is 40.5 Å². The highest BCUT2D eigenvalue weighted by molar-refractivity contribution is 6.15. The van der Waals surface area contributed by atoms with Crippen LogP contribution in [0.2, 0.25) is 0 Å². The number of phenols is 2. The fourth-order valence-electron chi connectivity index (χ4n) is 9.21. The molecule has 2 aliphatic carbocycles. The van der Waals surface area contributed by atoms with E-state index in [-0.39, 0.29) is 0 Å². The van der Waals surface area contributed by atoms with Gasteiger partial charge in [-0.15, -0.1) is 0 Å². The fraction of sp³-hybridized carbons (Fsp3) is 0.111. The van der Waals surface area contributed by atoms with Crippen molar-refractivity contribution < 1.29 is 10.2 Å². The van der Waals surface area contributed by atoms with Gasteiger partial charge in [-0.1, -0.05) is 121 Å². The highest BCUT2D eigenvalue weighted by atomic mass is 16.3. The molecular formula is C45H32O2. The van der Waals surface area contributed by atoms with Crippen LogP contribution in [0.15, 0.2) is 133 Å². The Morgan fingerprint density at radius 3 is 1.11 bits per heavy atom. The van der Waals surface area contributed by atoms with Crippen LogP contribution in [0.1, 0.15) is 35.1 Å². The average molecular weight is 605 g/mol. The van der Waals surface area contributed by atoms with Gasteiger partial charge in [0.25, 0.3) is 0 Å². The summed E-state index contributed by atoms with van der Waals surface area (Å²) in [5.41, 5.74) is 7.78. The van der Waals surface area contributed by atoms with Gasteiger partial charge >= 0.3 is 0 Å². The predicted molar refractivity (Wildman–Crippen MR) is 195 cm³/mol. The average Bonchev–Trinajstić information content (AvgIpc) is 3.68. The van der Waals surface area contributed by atoms with Crippen molar-refractivity contribution in [3.05, 3.63) is 156 Å². The molecule has 2 N–H and O–H groups in total. The first-order valence-corrected chi connectivity index (χ1v) is 16.6. The van der Waals surface area contributed by atoms with E-state index in [1.54, 1.807) is 0 Å². The van der Waals surface area contributed by atoms with Crippen molar-refractivity contribution in [3.8, 4) is 33.8 Å². The van der Waals surface area contributed by atoms with Crippen LogP contribution in [-0.4, -0.2) is 10.2 Å². The molecule has 0 aliphatic heterocycles. The van der Waals surface area contributed by atoms with E-state index in [0.29, 0.717) is 11.5 Å². The van der Waals surface area contributed by atoms with E-state index in [1.165, 1.54) is 11.1 Å². The van der Waals surface area contributed by atoms with Gasteiger partial charge < -0.3 is 10.2 Å². The zero-order valence-electron chi connectivity index (χ0n) is 25.9. The highest BCUT2D eigenvalue weighted by Gasteiger charge is 2.49. The van der Waals surface area contributed by atoms with Crippen LogP contribution in [0, 0.1) is 0 Å². The Morgan fingerprint density at radius 1 is 0.404 bits per heavy atom. The number of fused-ring (bicyclic) bond motifs is 8. The van der Waals surface area contributed by atoms with Crippen LogP contribution < -0.4 is 0 Å². The van der Waals surface area contributed by atoms with E-state index in [9.17, 15) is 10.2 Å². The number of benzene rings is 8. The van der Waals surface area contributed by atoms with Gasteiger partial charge in [-0.05, 0) is 92.0 Å². The Bertz CT molecular complexity index is 2320. The minimum absolute atomic E-state index is 0.356. The molecule has 2 aliphatic rings. The normalized spacial score (nSPS) is 14.8. The molecule has 0 heterocycles. The molecule has 0 amide bonds. The molecule has 0 fully saturated rings. The minimum atomic E-state index is -0.453. The van der Waals surface area contributed by atoms with Crippen LogP contribution in [-0.2, 0) is 18.3 Å². The molecule has 0 saturated heterocycles. The van der Waals surface area contributed by atoms with Gasteiger partial charge in [0.2, 0.25) is 0 Å². The summed E-state index contributed by atoms with van der Waals surface area (Å²) in [4.78, 5) is 0. The van der Waals surface area contributed by atoms with E-state index in [0.717, 1.165) is 102 Å². The Kier molecular flexibility index (Phi) is 5.49. The van der Waals surface area contributed by atoms with Crippen LogP contribution in [0.5, 0.6) is 11.5 Å². The standard InChI is InChI=1S/C45H32O2/c46-43-37(39-33-13-5-1-9-29(33)25-30-10-2-6-14-34(30)39)19-17-27-21-23-45(41(27)43)24-22-28-18-20-38(44(47)42(28)45)40-35-15-7-3-11-31(35)26-32-12-4-8-16-36(32)40/h1-20,25-26,46-47H,21-24H2. The molecule has 0 radical (unpaired) electrons. The smallest absolute Gasteiger partial charge is 0.127 e. The zero-order valence-corrected chi connectivity index (χ0v) is 25.9. The Hall–Kier alpha value is -5.60. The van der Waals surface area contributed by atoms with E-state index < -0.39 is 5.41 Å². The summed E-state index contributed by atoms with van der Waals surface area (Å²) in [6.07, 6.45) is 3.49. The third-order valence-electron chi connectivity index (χ3n) is 11.2. The second-order valence-corrected chi connectivity index (χ2v) is 13.5. The van der Waals surface area contributed by atoms with Crippen LogP contribution >= 0.6 is 0 Å². The molecule has 47 heavy (non-hydrogen) atoms. The summed E-state index contributed by atoms with van der Waals surface area (Å²) in [6, 6.07) is 47.1. The molecule has 10 rings (SSSR count). The number of phenolic OH excluding ortho intramolecular Hbond substituents is 2. The summed E-state index contributed by atoms with van der Waals surface area (Å²) in [5, 5.41) is 34.2. The van der Waals surface area contributed by atoms with E-state index in [1.807, 2.05) is 0 Å². The second kappa shape index (κ2) is 9.70. The molecular weight excluding hydrogens is 572 g/mol. The number of hydrogen-bond acceptors (Lipinski definition) is 2. The van der Waals surface area contributed by atoms with E-state index >= 15 is 0 Å². The Morgan fingerprint density at radius 2 is 0.745 bits per heavy atom. The molecule has 0 bridgehead atoms. The van der Waals surface area contributed by atoms with Crippen molar-refractivity contribution >= 4 is 43.1 Å². The van der Waals surface area contributed by atoms with Crippen molar-refractivity contribution in [1.82, 2.24) is 0 Å². The molecule has 8 aromatic rings. The maximum absolute atomic E-state index is 12.5. The van der Waals surface area contributed by atoms with Crippen molar-refractivity contribution in [2.24, 2.45) is 0 Å². The molecule has 0 saturated carbocycles. The first-order valence-electron chi connectivity index (χ1n) is 16.6. The number of aromatic hydroxyl groups is 2. The number of rotatable bonds is 2. The van der Waals surface area contributed by atoms with Gasteiger partial charge in [0.15, 0.2) is 0 Å². The number of hydrogen-bond donors (Lipinski definition) is 2. The van der Waals surface area contributed by atoms with Crippen molar-refractivity contribution in [1.29, 1.82) is 0 Å². The Balaban J connectivity index is 1.24. The summed E-state index contributed by atoms with van der Waals surface area (Å²) in [6.45, 7) is 0. The third-order valence-corrected chi connectivity index (χ3v) is 11.2. The van der Waals surface area contributed by atoms with E-state index in [4.69, 9.17) is 0 Å². The summed E-state index contributed by atoms with van der Waals surface area (Å²) in [5.74, 6) is 0.713. The van der Waals surface area contributed by atoms with Crippen molar-refractivity contribution in [2.75, 3.05) is 0 Å². The molecule has 0 atom stereocenters. The molecule has 8 aromatic carbocycles. The lowest BCUT2D eigenvalue weighted by Gasteiger charge is -2.30. The highest BCUT2D eigenvalue weighted by Crippen LogP contribution is 2.60. The second-order valence-electron chi connectivity index (χ2n) is 13.5. The molecule has 1 spiro atoms.